The highest BCUT2D eigenvalue weighted by Gasteiger charge is 2.53. The zero-order valence-electron chi connectivity index (χ0n) is 13.8. The van der Waals surface area contributed by atoms with Gasteiger partial charge in [-0.25, -0.2) is 9.18 Å². The maximum absolute atomic E-state index is 12.8. The molecule has 134 valence electrons. The van der Waals surface area contributed by atoms with Crippen molar-refractivity contribution in [2.45, 2.75) is 37.2 Å². The topological polar surface area (TPSA) is 75.7 Å². The lowest BCUT2D eigenvalue weighted by Gasteiger charge is -2.29. The third kappa shape index (κ3) is 3.78. The number of nitrogens with zero attached hydrogens (tertiary/aromatic N) is 1. The molecule has 0 saturated carbocycles. The van der Waals surface area contributed by atoms with Crippen LogP contribution >= 0.6 is 11.8 Å². The van der Waals surface area contributed by atoms with Crippen LogP contribution in [0.15, 0.2) is 24.3 Å². The van der Waals surface area contributed by atoms with Crippen LogP contribution in [-0.4, -0.2) is 46.0 Å². The van der Waals surface area contributed by atoms with E-state index in [1.807, 2.05) is 6.92 Å². The minimum atomic E-state index is -0.630. The lowest BCUT2D eigenvalue weighted by atomic mass is 10.2. The van der Waals surface area contributed by atoms with Gasteiger partial charge in [0.25, 0.3) is 5.91 Å². The first kappa shape index (κ1) is 17.7. The lowest BCUT2D eigenvalue weighted by molar-refractivity contribution is -0.156. The fourth-order valence-corrected chi connectivity index (χ4v) is 4.50. The van der Waals surface area contributed by atoms with Crippen molar-refractivity contribution < 1.29 is 23.5 Å². The number of carbonyl (C=O) groups is 3. The Kier molecular flexibility index (Phi) is 4.99. The third-order valence-electron chi connectivity index (χ3n) is 4.47. The Balaban J connectivity index is 1.46. The molecule has 2 atom stereocenters. The number of esters is 1. The summed E-state index contributed by atoms with van der Waals surface area (Å²) in [5.41, 5.74) is 0.742. The predicted molar refractivity (Wildman–Crippen MR) is 89.9 cm³/mol. The molecule has 0 radical (unpaired) electrons. The standard InChI is InChI=1S/C17H19FN2O4S/c1-17-7-6-15(22)20(17)13(10-25-17)16(23)24-9-14(21)19-8-11-2-4-12(18)5-3-11/h2-5,13H,6-10H2,1H3,(H,19,21)/t13-,17+/m1/s1. The molecule has 1 aromatic rings. The summed E-state index contributed by atoms with van der Waals surface area (Å²) in [5, 5.41) is 2.60. The molecule has 8 heteroatoms. The lowest BCUT2D eigenvalue weighted by Crippen LogP contribution is -2.47. The zero-order valence-corrected chi connectivity index (χ0v) is 14.6. The molecule has 2 aliphatic heterocycles. The van der Waals surface area contributed by atoms with Crippen LogP contribution in [0.2, 0.25) is 0 Å². The SMILES string of the molecule is C[C@]12CCC(=O)N1[C@@H](C(=O)OCC(=O)NCc1ccc(F)cc1)CS2. The Morgan fingerprint density at radius 3 is 2.84 bits per heavy atom. The van der Waals surface area contributed by atoms with Crippen molar-refractivity contribution in [2.24, 2.45) is 0 Å². The van der Waals surface area contributed by atoms with Gasteiger partial charge in [-0.2, -0.15) is 0 Å². The number of rotatable bonds is 5. The van der Waals surface area contributed by atoms with E-state index < -0.39 is 24.5 Å². The first-order chi connectivity index (χ1) is 11.9. The van der Waals surface area contributed by atoms with Crippen molar-refractivity contribution in [2.75, 3.05) is 12.4 Å². The molecule has 1 N–H and O–H groups in total. The van der Waals surface area contributed by atoms with E-state index in [0.717, 1.165) is 12.0 Å². The van der Waals surface area contributed by atoms with Gasteiger partial charge in [-0.3, -0.25) is 9.59 Å². The molecular weight excluding hydrogens is 347 g/mol. The van der Waals surface area contributed by atoms with Gasteiger partial charge >= 0.3 is 5.97 Å². The van der Waals surface area contributed by atoms with Gasteiger partial charge in [-0.05, 0) is 31.0 Å². The molecule has 0 bridgehead atoms. The van der Waals surface area contributed by atoms with Crippen molar-refractivity contribution >= 4 is 29.5 Å². The number of hydrogen-bond donors (Lipinski definition) is 1. The molecule has 6 nitrogen and oxygen atoms in total. The smallest absolute Gasteiger partial charge is 0.330 e. The number of thioether (sulfide) groups is 1. The quantitative estimate of drug-likeness (QED) is 0.798. The summed E-state index contributed by atoms with van der Waals surface area (Å²) in [7, 11) is 0. The van der Waals surface area contributed by atoms with E-state index in [9.17, 15) is 18.8 Å². The molecule has 2 saturated heterocycles. The number of carbonyl (C=O) groups excluding carboxylic acids is 3. The van der Waals surface area contributed by atoms with E-state index in [4.69, 9.17) is 4.74 Å². The summed E-state index contributed by atoms with van der Waals surface area (Å²) in [6.07, 6.45) is 1.16. The highest BCUT2D eigenvalue weighted by molar-refractivity contribution is 8.01. The van der Waals surface area contributed by atoms with Crippen LogP contribution in [0.4, 0.5) is 4.39 Å². The second-order valence-corrected chi connectivity index (χ2v) is 7.78. The molecule has 0 aliphatic carbocycles. The fraction of sp³-hybridized carbons (Fsp3) is 0.471. The average Bonchev–Trinajstić information content (AvgIpc) is 3.08. The normalized spacial score (nSPS) is 25.0. The molecule has 2 aliphatic rings. The van der Waals surface area contributed by atoms with Crippen molar-refractivity contribution in [1.82, 2.24) is 10.2 Å². The van der Waals surface area contributed by atoms with Crippen LogP contribution in [0, 0.1) is 5.82 Å². The summed E-state index contributed by atoms with van der Waals surface area (Å²) >= 11 is 1.57. The van der Waals surface area contributed by atoms with Crippen molar-refractivity contribution in [3.63, 3.8) is 0 Å². The fourth-order valence-electron chi connectivity index (χ4n) is 3.08. The minimum absolute atomic E-state index is 0.0461. The van der Waals surface area contributed by atoms with E-state index in [1.165, 1.54) is 12.1 Å². The maximum Gasteiger partial charge on any atom is 0.330 e. The summed E-state index contributed by atoms with van der Waals surface area (Å²) in [6.45, 7) is 1.77. The van der Waals surface area contributed by atoms with Crippen LogP contribution in [-0.2, 0) is 25.7 Å². The Bertz CT molecular complexity index is 696. The summed E-state index contributed by atoms with van der Waals surface area (Å²) in [4.78, 5) is 37.3. The summed E-state index contributed by atoms with van der Waals surface area (Å²) < 4.78 is 17.9. The largest absolute Gasteiger partial charge is 0.454 e. The number of hydrogen-bond acceptors (Lipinski definition) is 5. The van der Waals surface area contributed by atoms with Crippen molar-refractivity contribution in [3.8, 4) is 0 Å². The maximum atomic E-state index is 12.8. The second kappa shape index (κ2) is 7.03. The van der Waals surface area contributed by atoms with E-state index in [0.29, 0.717) is 12.2 Å². The van der Waals surface area contributed by atoms with Crippen molar-refractivity contribution in [1.29, 1.82) is 0 Å². The molecule has 2 fully saturated rings. The Hall–Kier alpha value is -2.09. The molecule has 2 heterocycles. The summed E-state index contributed by atoms with van der Waals surface area (Å²) in [6, 6.07) is 5.12. The molecule has 0 unspecified atom stereocenters. The van der Waals surface area contributed by atoms with E-state index >= 15 is 0 Å². The predicted octanol–water partition coefficient (Wildman–Crippen LogP) is 1.44. The second-order valence-electron chi connectivity index (χ2n) is 6.28. The van der Waals surface area contributed by atoms with Crippen LogP contribution in [0.1, 0.15) is 25.3 Å². The van der Waals surface area contributed by atoms with Gasteiger partial charge < -0.3 is 15.0 Å². The number of ether oxygens (including phenoxy) is 1. The molecule has 25 heavy (non-hydrogen) atoms. The van der Waals surface area contributed by atoms with Crippen LogP contribution in [0.3, 0.4) is 0 Å². The van der Waals surface area contributed by atoms with Crippen LogP contribution < -0.4 is 5.32 Å². The molecule has 3 rings (SSSR count). The highest BCUT2D eigenvalue weighted by atomic mass is 32.2. The van der Waals surface area contributed by atoms with E-state index in [2.05, 4.69) is 5.32 Å². The molecule has 2 amide bonds. The highest BCUT2D eigenvalue weighted by Crippen LogP contribution is 2.47. The minimum Gasteiger partial charge on any atom is -0.454 e. The zero-order chi connectivity index (χ0) is 18.0. The summed E-state index contributed by atoms with van der Waals surface area (Å²) in [5.74, 6) is -0.905. The monoisotopic (exact) mass is 366 g/mol. The number of amides is 2. The molecule has 0 aromatic heterocycles. The van der Waals surface area contributed by atoms with Gasteiger partial charge in [-0.15, -0.1) is 11.8 Å². The molecule has 0 spiro atoms. The van der Waals surface area contributed by atoms with Crippen molar-refractivity contribution in [3.05, 3.63) is 35.6 Å². The Labute approximate surface area is 149 Å². The third-order valence-corrected chi connectivity index (χ3v) is 5.97. The van der Waals surface area contributed by atoms with Gasteiger partial charge in [0.15, 0.2) is 6.61 Å². The Morgan fingerprint density at radius 2 is 2.12 bits per heavy atom. The number of benzene rings is 1. The van der Waals surface area contributed by atoms with Gasteiger partial charge in [0.05, 0.1) is 4.87 Å². The van der Waals surface area contributed by atoms with Gasteiger partial charge in [-0.1, -0.05) is 12.1 Å². The van der Waals surface area contributed by atoms with Gasteiger partial charge in [0, 0.05) is 18.7 Å². The molecule has 1 aromatic carbocycles. The molecular formula is C17H19FN2O4S. The van der Waals surface area contributed by atoms with E-state index in [1.54, 1.807) is 28.8 Å². The number of fused-ring (bicyclic) bond motifs is 1. The Morgan fingerprint density at radius 1 is 1.40 bits per heavy atom. The average molecular weight is 366 g/mol. The first-order valence-electron chi connectivity index (χ1n) is 8.03. The van der Waals surface area contributed by atoms with Crippen LogP contribution in [0.25, 0.3) is 0 Å². The van der Waals surface area contributed by atoms with E-state index in [-0.39, 0.29) is 23.1 Å². The van der Waals surface area contributed by atoms with Gasteiger partial charge in [0.1, 0.15) is 11.9 Å². The van der Waals surface area contributed by atoms with Gasteiger partial charge in [0.2, 0.25) is 5.91 Å². The number of nitrogens with one attached hydrogen (secondary N) is 1. The van der Waals surface area contributed by atoms with Crippen LogP contribution in [0.5, 0.6) is 0 Å². The number of halogens is 1. The first-order valence-corrected chi connectivity index (χ1v) is 9.01.